The topological polar surface area (TPSA) is 136 Å². The van der Waals surface area contributed by atoms with Crippen molar-refractivity contribution in [1.29, 1.82) is 0 Å². The number of carbonyl (C=O) groups is 3. The summed E-state index contributed by atoms with van der Waals surface area (Å²) in [5.41, 5.74) is 1.14. The third-order valence-electron chi connectivity index (χ3n) is 7.25. The molecule has 0 spiro atoms. The molecule has 4 rings (SSSR count). The molecule has 1 saturated heterocycles. The fourth-order valence-electron chi connectivity index (χ4n) is 5.20. The number of sulfonamides is 1. The highest BCUT2D eigenvalue weighted by atomic mass is 32.2. The summed E-state index contributed by atoms with van der Waals surface area (Å²) in [5, 5.41) is 5.16. The van der Waals surface area contributed by atoms with Crippen molar-refractivity contribution in [2.45, 2.75) is 55.9 Å². The van der Waals surface area contributed by atoms with E-state index in [9.17, 15) is 22.8 Å². The average Bonchev–Trinajstić information content (AvgIpc) is 3.21. The van der Waals surface area contributed by atoms with Crippen LogP contribution in [0.1, 0.15) is 44.1 Å². The second-order valence-electron chi connectivity index (χ2n) is 9.63. The second-order valence-corrected chi connectivity index (χ2v) is 11.2. The molecule has 1 atom stereocenters. The lowest BCUT2D eigenvalue weighted by molar-refractivity contribution is -0.142. The Morgan fingerprint density at radius 2 is 1.66 bits per heavy atom. The van der Waals surface area contributed by atoms with Gasteiger partial charge in [0.15, 0.2) is 11.5 Å². The third kappa shape index (κ3) is 5.83. The molecule has 3 amide bonds. The quantitative estimate of drug-likeness (QED) is 0.480. The molecule has 204 valence electrons. The van der Waals surface area contributed by atoms with Gasteiger partial charge < -0.3 is 14.4 Å². The Morgan fingerprint density at radius 3 is 2.26 bits per heavy atom. The predicted octanol–water partition coefficient (Wildman–Crippen LogP) is 2.63. The van der Waals surface area contributed by atoms with Gasteiger partial charge in [-0.25, -0.2) is 18.5 Å². The van der Waals surface area contributed by atoms with E-state index in [1.807, 2.05) is 12.1 Å². The molecule has 1 aliphatic carbocycles. The molecule has 11 heteroatoms. The molecule has 1 saturated carbocycles. The molecular formula is C27H33N3O7S. The van der Waals surface area contributed by atoms with Crippen LogP contribution in [-0.4, -0.2) is 57.8 Å². The third-order valence-corrected chi connectivity index (χ3v) is 8.18. The predicted molar refractivity (Wildman–Crippen MR) is 140 cm³/mol. The number of nitrogens with zero attached hydrogens (tertiary/aromatic N) is 2. The van der Waals surface area contributed by atoms with Gasteiger partial charge in [-0.15, -0.1) is 0 Å². The molecule has 2 N–H and O–H groups in total. The Bertz CT molecular complexity index is 1300. The lowest BCUT2D eigenvalue weighted by atomic mass is 9.87. The van der Waals surface area contributed by atoms with Gasteiger partial charge in [0.2, 0.25) is 21.8 Å². The first-order chi connectivity index (χ1) is 18.1. The van der Waals surface area contributed by atoms with Gasteiger partial charge in [-0.3, -0.25) is 14.4 Å². The number of rotatable bonds is 9. The standard InChI is InChI=1S/C27H33N3O7S/c1-36-23-13-8-18(16-24(23)37-2)14-15-29(26(32)19-6-4-3-5-7-19)22-17-25(31)30(27(22)33)20-9-11-21(12-10-20)38(28,34)35/h8-13,16,19,22H,3-7,14-15,17H2,1-2H3,(H2,28,34,35). The van der Waals surface area contributed by atoms with Gasteiger partial charge in [-0.05, 0) is 61.2 Å². The van der Waals surface area contributed by atoms with E-state index in [1.165, 1.54) is 24.3 Å². The van der Waals surface area contributed by atoms with E-state index in [1.54, 1.807) is 25.2 Å². The minimum Gasteiger partial charge on any atom is -0.493 e. The SMILES string of the molecule is COc1ccc(CCN(C(=O)C2CCCCC2)C2CC(=O)N(c3ccc(S(N)(=O)=O)cc3)C2=O)cc1OC. The molecule has 0 aromatic heterocycles. The fourth-order valence-corrected chi connectivity index (χ4v) is 5.72. The van der Waals surface area contributed by atoms with Crippen LogP contribution in [0.5, 0.6) is 11.5 Å². The number of primary sulfonamides is 1. The van der Waals surface area contributed by atoms with E-state index in [4.69, 9.17) is 14.6 Å². The molecule has 38 heavy (non-hydrogen) atoms. The minimum absolute atomic E-state index is 0.109. The van der Waals surface area contributed by atoms with E-state index in [2.05, 4.69) is 0 Å². The van der Waals surface area contributed by atoms with Crippen LogP contribution >= 0.6 is 0 Å². The lowest BCUT2D eigenvalue weighted by Crippen LogP contribution is -2.48. The zero-order valence-corrected chi connectivity index (χ0v) is 22.4. The van der Waals surface area contributed by atoms with Crippen LogP contribution in [-0.2, 0) is 30.8 Å². The van der Waals surface area contributed by atoms with Gasteiger partial charge in [0.25, 0.3) is 5.91 Å². The highest BCUT2D eigenvalue weighted by Crippen LogP contribution is 2.32. The van der Waals surface area contributed by atoms with E-state index in [0.29, 0.717) is 17.9 Å². The van der Waals surface area contributed by atoms with Crippen LogP contribution in [0.15, 0.2) is 47.4 Å². The maximum Gasteiger partial charge on any atom is 0.257 e. The summed E-state index contributed by atoms with van der Waals surface area (Å²) in [6.45, 7) is 0.257. The molecule has 1 aliphatic heterocycles. The molecule has 1 unspecified atom stereocenters. The largest absolute Gasteiger partial charge is 0.493 e. The molecule has 2 fully saturated rings. The molecule has 2 aromatic rings. The molecule has 2 aromatic carbocycles. The van der Waals surface area contributed by atoms with Crippen molar-refractivity contribution in [3.8, 4) is 11.5 Å². The van der Waals surface area contributed by atoms with Gasteiger partial charge in [-0.1, -0.05) is 25.3 Å². The highest BCUT2D eigenvalue weighted by molar-refractivity contribution is 7.89. The molecule has 0 bridgehead atoms. The first kappa shape index (κ1) is 27.6. The average molecular weight is 544 g/mol. The van der Waals surface area contributed by atoms with Crippen LogP contribution in [0.25, 0.3) is 0 Å². The number of hydrogen-bond donors (Lipinski definition) is 1. The number of benzene rings is 2. The maximum atomic E-state index is 13.7. The Labute approximate surface area is 222 Å². The van der Waals surface area contributed by atoms with Gasteiger partial charge in [0, 0.05) is 12.5 Å². The molecule has 2 aliphatic rings. The van der Waals surface area contributed by atoms with E-state index >= 15 is 0 Å². The smallest absolute Gasteiger partial charge is 0.257 e. The van der Waals surface area contributed by atoms with Crippen molar-refractivity contribution in [3.05, 3.63) is 48.0 Å². The van der Waals surface area contributed by atoms with Crippen molar-refractivity contribution < 1.29 is 32.3 Å². The van der Waals surface area contributed by atoms with Crippen molar-refractivity contribution in [2.75, 3.05) is 25.7 Å². The molecular weight excluding hydrogens is 510 g/mol. The molecule has 1 heterocycles. The monoisotopic (exact) mass is 543 g/mol. The van der Waals surface area contributed by atoms with Gasteiger partial charge >= 0.3 is 0 Å². The number of ether oxygens (including phenoxy) is 2. The lowest BCUT2D eigenvalue weighted by Gasteiger charge is -2.32. The summed E-state index contributed by atoms with van der Waals surface area (Å²) in [5.74, 6) is -0.0860. The minimum atomic E-state index is -3.92. The Balaban J connectivity index is 1.59. The maximum absolute atomic E-state index is 13.7. The Hall–Kier alpha value is -3.44. The van der Waals surface area contributed by atoms with Crippen molar-refractivity contribution in [3.63, 3.8) is 0 Å². The van der Waals surface area contributed by atoms with Crippen LogP contribution < -0.4 is 19.5 Å². The van der Waals surface area contributed by atoms with E-state index < -0.39 is 27.9 Å². The van der Waals surface area contributed by atoms with Crippen molar-refractivity contribution in [1.82, 2.24) is 4.90 Å². The fraction of sp³-hybridized carbons (Fsp3) is 0.444. The summed E-state index contributed by atoms with van der Waals surface area (Å²) in [6, 6.07) is 9.81. The Morgan fingerprint density at radius 1 is 1.00 bits per heavy atom. The zero-order chi connectivity index (χ0) is 27.4. The number of imide groups is 1. The summed E-state index contributed by atoms with van der Waals surface area (Å²) < 4.78 is 33.9. The number of hydrogen-bond acceptors (Lipinski definition) is 7. The number of nitrogens with two attached hydrogens (primary N) is 1. The van der Waals surface area contributed by atoms with Crippen LogP contribution in [0.4, 0.5) is 5.69 Å². The highest BCUT2D eigenvalue weighted by Gasteiger charge is 2.45. The van der Waals surface area contributed by atoms with E-state index in [0.717, 1.165) is 42.6 Å². The molecule has 0 radical (unpaired) electrons. The van der Waals surface area contributed by atoms with Gasteiger partial charge in [0.1, 0.15) is 6.04 Å². The van der Waals surface area contributed by atoms with E-state index in [-0.39, 0.29) is 35.4 Å². The van der Waals surface area contributed by atoms with Crippen LogP contribution in [0, 0.1) is 5.92 Å². The van der Waals surface area contributed by atoms with Crippen LogP contribution in [0.3, 0.4) is 0 Å². The number of methoxy groups -OCH3 is 2. The molecule has 10 nitrogen and oxygen atoms in total. The summed E-state index contributed by atoms with van der Waals surface area (Å²) in [7, 11) is -0.816. The normalized spacial score (nSPS) is 18.5. The van der Waals surface area contributed by atoms with Crippen molar-refractivity contribution in [2.24, 2.45) is 11.1 Å². The van der Waals surface area contributed by atoms with Crippen molar-refractivity contribution >= 4 is 33.4 Å². The summed E-state index contributed by atoms with van der Waals surface area (Å²) in [6.07, 6.45) is 4.84. The number of carbonyl (C=O) groups excluding carboxylic acids is 3. The second kappa shape index (κ2) is 11.5. The first-order valence-corrected chi connectivity index (χ1v) is 14.2. The number of anilines is 1. The first-order valence-electron chi connectivity index (χ1n) is 12.6. The van der Waals surface area contributed by atoms with Crippen LogP contribution in [0.2, 0.25) is 0 Å². The van der Waals surface area contributed by atoms with Gasteiger partial charge in [0.05, 0.1) is 31.2 Å². The van der Waals surface area contributed by atoms with Gasteiger partial charge in [-0.2, -0.15) is 0 Å². The zero-order valence-electron chi connectivity index (χ0n) is 21.6. The number of amides is 3. The Kier molecular flexibility index (Phi) is 8.37. The summed E-state index contributed by atoms with van der Waals surface area (Å²) >= 11 is 0. The summed E-state index contributed by atoms with van der Waals surface area (Å²) in [4.78, 5) is 42.7.